The van der Waals surface area contributed by atoms with Gasteiger partial charge in [-0.3, -0.25) is 5.41 Å². The van der Waals surface area contributed by atoms with Crippen LogP contribution in [0.3, 0.4) is 0 Å². The second-order valence-corrected chi connectivity index (χ2v) is 5.97. The third kappa shape index (κ3) is 5.80. The van der Waals surface area contributed by atoms with E-state index in [0.717, 1.165) is 17.8 Å². The number of anilines is 1. The van der Waals surface area contributed by atoms with Crippen LogP contribution in [-0.2, 0) is 15.7 Å². The number of nitrogens with zero attached hydrogens (tertiary/aromatic N) is 1. The van der Waals surface area contributed by atoms with Gasteiger partial charge in [0.05, 0.1) is 24.5 Å². The highest BCUT2D eigenvalue weighted by molar-refractivity contribution is 6.10. The summed E-state index contributed by atoms with van der Waals surface area (Å²) in [5, 5.41) is 8.26. The molecule has 0 aliphatic heterocycles. The lowest BCUT2D eigenvalue weighted by Gasteiger charge is -2.24. The van der Waals surface area contributed by atoms with Crippen LogP contribution in [0.4, 0.5) is 18.9 Å². The zero-order valence-corrected chi connectivity index (χ0v) is 15.3. The Morgan fingerprint density at radius 1 is 0.852 bits per heavy atom. The highest BCUT2D eigenvalue weighted by Crippen LogP contribution is 2.29. The summed E-state index contributed by atoms with van der Waals surface area (Å²) in [6, 6.07) is 12.0. The van der Waals surface area contributed by atoms with Gasteiger partial charge >= 0.3 is 6.18 Å². The predicted octanol–water partition coefficient (Wildman–Crippen LogP) is 4.22. The molecule has 0 aliphatic rings. The lowest BCUT2D eigenvalue weighted by molar-refractivity contribution is -0.137. The van der Waals surface area contributed by atoms with Gasteiger partial charge in [-0.2, -0.15) is 13.2 Å². The summed E-state index contributed by atoms with van der Waals surface area (Å²) < 4.78 is 48.3. The van der Waals surface area contributed by atoms with Crippen molar-refractivity contribution >= 4 is 11.4 Å². The minimum Gasteiger partial charge on any atom is -0.383 e. The van der Waals surface area contributed by atoms with Crippen molar-refractivity contribution < 1.29 is 22.6 Å². The summed E-state index contributed by atoms with van der Waals surface area (Å²) in [6.07, 6.45) is -4.38. The Morgan fingerprint density at radius 2 is 1.30 bits per heavy atom. The van der Waals surface area contributed by atoms with Gasteiger partial charge in [0.15, 0.2) is 0 Å². The SMILES string of the molecule is COCCN(CCOC)c1ccc(C(=N)c2ccc(C(F)(F)F)cc2)cc1. The van der Waals surface area contributed by atoms with Crippen LogP contribution in [-0.4, -0.2) is 46.2 Å². The highest BCUT2D eigenvalue weighted by atomic mass is 19.4. The monoisotopic (exact) mass is 380 g/mol. The summed E-state index contributed by atoms with van der Waals surface area (Å²) in [5.41, 5.74) is 1.49. The number of alkyl halides is 3. The van der Waals surface area contributed by atoms with Crippen LogP contribution in [0.5, 0.6) is 0 Å². The van der Waals surface area contributed by atoms with Crippen LogP contribution in [0, 0.1) is 5.41 Å². The maximum atomic E-state index is 12.7. The van der Waals surface area contributed by atoms with E-state index in [2.05, 4.69) is 4.90 Å². The van der Waals surface area contributed by atoms with Gasteiger partial charge in [0, 0.05) is 44.1 Å². The Kier molecular flexibility index (Phi) is 7.38. The Balaban J connectivity index is 2.13. The molecule has 0 radical (unpaired) electrons. The van der Waals surface area contributed by atoms with E-state index in [-0.39, 0.29) is 5.71 Å². The fourth-order valence-electron chi connectivity index (χ4n) is 2.60. The van der Waals surface area contributed by atoms with Crippen LogP contribution in [0.25, 0.3) is 0 Å². The molecule has 2 rings (SSSR count). The molecule has 0 bridgehead atoms. The standard InChI is InChI=1S/C20H23F3N2O2/c1-26-13-11-25(12-14-27-2)18-9-5-16(6-10-18)19(24)15-3-7-17(8-4-15)20(21,22)23/h3-10,24H,11-14H2,1-2H3. The van der Waals surface area contributed by atoms with Crippen molar-refractivity contribution in [2.45, 2.75) is 6.18 Å². The maximum Gasteiger partial charge on any atom is 0.416 e. The zero-order valence-electron chi connectivity index (χ0n) is 15.3. The van der Waals surface area contributed by atoms with Crippen LogP contribution in [0.2, 0.25) is 0 Å². The first-order chi connectivity index (χ1) is 12.9. The molecule has 0 spiro atoms. The van der Waals surface area contributed by atoms with E-state index < -0.39 is 11.7 Å². The van der Waals surface area contributed by atoms with Crippen LogP contribution in [0.1, 0.15) is 16.7 Å². The van der Waals surface area contributed by atoms with E-state index in [9.17, 15) is 13.2 Å². The Morgan fingerprint density at radius 3 is 1.70 bits per heavy atom. The molecule has 7 heteroatoms. The first kappa shape index (κ1) is 20.9. The summed E-state index contributed by atoms with van der Waals surface area (Å²) in [7, 11) is 3.28. The average Bonchev–Trinajstić information content (AvgIpc) is 2.67. The number of hydrogen-bond donors (Lipinski definition) is 1. The molecule has 0 fully saturated rings. The molecule has 2 aromatic rings. The predicted molar refractivity (Wildman–Crippen MR) is 99.8 cm³/mol. The van der Waals surface area contributed by atoms with Crippen LogP contribution < -0.4 is 4.90 Å². The van der Waals surface area contributed by atoms with E-state index >= 15 is 0 Å². The number of rotatable bonds is 9. The van der Waals surface area contributed by atoms with Gasteiger partial charge in [-0.1, -0.05) is 24.3 Å². The number of benzene rings is 2. The van der Waals surface area contributed by atoms with Crippen molar-refractivity contribution in [3.8, 4) is 0 Å². The average molecular weight is 380 g/mol. The fraction of sp³-hybridized carbons (Fsp3) is 0.350. The Bertz CT molecular complexity index is 720. The van der Waals surface area contributed by atoms with Crippen molar-refractivity contribution in [3.05, 3.63) is 65.2 Å². The molecule has 4 nitrogen and oxygen atoms in total. The topological polar surface area (TPSA) is 45.6 Å². The van der Waals surface area contributed by atoms with Crippen molar-refractivity contribution in [2.24, 2.45) is 0 Å². The Hall–Kier alpha value is -2.38. The minimum absolute atomic E-state index is 0.176. The molecule has 0 aliphatic carbocycles. The fourth-order valence-corrected chi connectivity index (χ4v) is 2.60. The zero-order chi connectivity index (χ0) is 19.9. The van der Waals surface area contributed by atoms with Gasteiger partial charge in [-0.15, -0.1) is 0 Å². The van der Waals surface area contributed by atoms with Gasteiger partial charge < -0.3 is 14.4 Å². The minimum atomic E-state index is -4.38. The molecular formula is C20H23F3N2O2. The summed E-state index contributed by atoms with van der Waals surface area (Å²) in [4.78, 5) is 2.11. The number of hydrogen-bond acceptors (Lipinski definition) is 4. The van der Waals surface area contributed by atoms with Gasteiger partial charge in [-0.05, 0) is 24.3 Å². The van der Waals surface area contributed by atoms with E-state index in [1.165, 1.54) is 12.1 Å². The smallest absolute Gasteiger partial charge is 0.383 e. The molecule has 0 aromatic heterocycles. The lowest BCUT2D eigenvalue weighted by Crippen LogP contribution is -2.30. The van der Waals surface area contributed by atoms with Gasteiger partial charge in [0.1, 0.15) is 0 Å². The van der Waals surface area contributed by atoms with Crippen molar-refractivity contribution in [1.82, 2.24) is 0 Å². The lowest BCUT2D eigenvalue weighted by atomic mass is 10.0. The van der Waals surface area contributed by atoms with E-state index in [0.29, 0.717) is 37.4 Å². The molecule has 0 atom stereocenters. The Labute approximate surface area is 157 Å². The summed E-state index contributed by atoms with van der Waals surface area (Å²) >= 11 is 0. The second kappa shape index (κ2) is 9.53. The van der Waals surface area contributed by atoms with E-state index in [1.54, 1.807) is 26.4 Å². The van der Waals surface area contributed by atoms with Crippen molar-refractivity contribution in [2.75, 3.05) is 45.4 Å². The molecule has 0 amide bonds. The first-order valence-electron chi connectivity index (χ1n) is 8.46. The van der Waals surface area contributed by atoms with E-state index in [1.807, 2.05) is 12.1 Å². The van der Waals surface area contributed by atoms with Crippen molar-refractivity contribution in [3.63, 3.8) is 0 Å². The first-order valence-corrected chi connectivity index (χ1v) is 8.46. The maximum absolute atomic E-state index is 12.7. The summed E-state index contributed by atoms with van der Waals surface area (Å²) in [6.45, 7) is 2.56. The number of nitrogens with one attached hydrogen (secondary N) is 1. The molecule has 2 aromatic carbocycles. The van der Waals surface area contributed by atoms with Crippen LogP contribution >= 0.6 is 0 Å². The van der Waals surface area contributed by atoms with Gasteiger partial charge in [0.2, 0.25) is 0 Å². The molecule has 27 heavy (non-hydrogen) atoms. The molecule has 1 N–H and O–H groups in total. The van der Waals surface area contributed by atoms with Gasteiger partial charge in [0.25, 0.3) is 0 Å². The highest BCUT2D eigenvalue weighted by Gasteiger charge is 2.30. The molecular weight excluding hydrogens is 357 g/mol. The third-order valence-electron chi connectivity index (χ3n) is 4.15. The molecule has 0 saturated heterocycles. The summed E-state index contributed by atoms with van der Waals surface area (Å²) in [5.74, 6) is 0. The second-order valence-electron chi connectivity index (χ2n) is 5.97. The van der Waals surface area contributed by atoms with E-state index in [4.69, 9.17) is 14.9 Å². The van der Waals surface area contributed by atoms with Crippen LogP contribution in [0.15, 0.2) is 48.5 Å². The molecule has 0 heterocycles. The number of halogens is 3. The third-order valence-corrected chi connectivity index (χ3v) is 4.15. The number of ether oxygens (including phenoxy) is 2. The van der Waals surface area contributed by atoms with Crippen molar-refractivity contribution in [1.29, 1.82) is 5.41 Å². The normalized spacial score (nSPS) is 11.4. The molecule has 0 unspecified atom stereocenters. The number of methoxy groups -OCH3 is 2. The molecule has 146 valence electrons. The molecule has 0 saturated carbocycles. The largest absolute Gasteiger partial charge is 0.416 e. The van der Waals surface area contributed by atoms with Gasteiger partial charge in [-0.25, -0.2) is 0 Å². The quantitative estimate of drug-likeness (QED) is 0.663.